The monoisotopic (exact) mass is 559 g/mol. The summed E-state index contributed by atoms with van der Waals surface area (Å²) in [6.45, 7) is 5.48. The third-order valence-electron chi connectivity index (χ3n) is 6.29. The molecule has 0 aliphatic carbocycles. The zero-order chi connectivity index (χ0) is 25.0. The van der Waals surface area contributed by atoms with E-state index in [4.69, 9.17) is 23.7 Å². The number of carbonyl (C=O) groups excluding carboxylic acids is 2. The van der Waals surface area contributed by atoms with Gasteiger partial charge in [-0.1, -0.05) is 30.9 Å². The predicted octanol–water partition coefficient (Wildman–Crippen LogP) is 0.565. The van der Waals surface area contributed by atoms with Gasteiger partial charge in [0, 0.05) is 6.42 Å². The average Bonchev–Trinajstić information content (AvgIpc) is 3.34. The maximum atomic E-state index is 13.5. The molecule has 9 heteroatoms. The Morgan fingerprint density at radius 2 is 1.83 bits per heavy atom. The Morgan fingerprint density at radius 1 is 1.11 bits per heavy atom. The summed E-state index contributed by atoms with van der Waals surface area (Å²) in [6.07, 6.45) is 5.57. The third kappa shape index (κ3) is 5.57. The molecular weight excluding hydrogens is 530 g/mol. The molecule has 2 aliphatic rings. The standard InChI is InChI=1S/C27H30NO7.BrH/c1-5-14-33-19-9-6-18(7-10-19)8-11-22(29)24-20-12-13-28(2,16-23(30)31-3)15-21(20)25(32-4)27-26(24)34-17-35-27;/h5-11H,1,12-17H2,2-4H3;1H/q+1;/p-1/b11-8+;. The molecular formula is C27H30BrNO7. The van der Waals surface area contributed by atoms with Crippen LogP contribution >= 0.6 is 0 Å². The van der Waals surface area contributed by atoms with E-state index in [2.05, 4.69) is 6.58 Å². The van der Waals surface area contributed by atoms with Crippen molar-refractivity contribution in [2.24, 2.45) is 0 Å². The number of nitrogens with zero attached hydrogens (tertiary/aromatic N) is 1. The summed E-state index contributed by atoms with van der Waals surface area (Å²) in [4.78, 5) is 25.5. The molecule has 2 aromatic rings. The van der Waals surface area contributed by atoms with Gasteiger partial charge in [0.1, 0.15) is 18.9 Å². The SMILES string of the molecule is C=CCOc1ccc(/C=C/C(=O)c2c3c(c(OC)c4c2OCO4)C[N+](C)(CC(=O)OC)CC3)cc1.[Br-]. The summed E-state index contributed by atoms with van der Waals surface area (Å²) in [5, 5.41) is 0. The van der Waals surface area contributed by atoms with Crippen molar-refractivity contribution >= 4 is 17.8 Å². The van der Waals surface area contributed by atoms with Crippen LogP contribution in [0.3, 0.4) is 0 Å². The second kappa shape index (κ2) is 11.6. The van der Waals surface area contributed by atoms with Gasteiger partial charge in [-0.2, -0.15) is 0 Å². The number of halogens is 1. The summed E-state index contributed by atoms with van der Waals surface area (Å²) in [7, 11) is 4.95. The quantitative estimate of drug-likeness (QED) is 0.146. The van der Waals surface area contributed by atoms with Crippen molar-refractivity contribution in [3.8, 4) is 23.0 Å². The minimum atomic E-state index is -0.282. The van der Waals surface area contributed by atoms with Crippen LogP contribution in [0.25, 0.3) is 6.08 Å². The number of quaternary nitrogens is 1. The second-order valence-electron chi connectivity index (χ2n) is 8.78. The number of carbonyl (C=O) groups is 2. The van der Waals surface area contributed by atoms with Crippen LogP contribution in [0.15, 0.2) is 43.0 Å². The van der Waals surface area contributed by atoms with Crippen LogP contribution in [0.1, 0.15) is 27.0 Å². The summed E-state index contributed by atoms with van der Waals surface area (Å²) >= 11 is 0. The Bertz CT molecular complexity index is 1180. The molecule has 192 valence electrons. The van der Waals surface area contributed by atoms with E-state index >= 15 is 0 Å². The van der Waals surface area contributed by atoms with Gasteiger partial charge in [-0.25, -0.2) is 4.79 Å². The largest absolute Gasteiger partial charge is 1.00 e. The lowest BCUT2D eigenvalue weighted by molar-refractivity contribution is -0.917. The van der Waals surface area contributed by atoms with E-state index in [9.17, 15) is 9.59 Å². The lowest BCUT2D eigenvalue weighted by Gasteiger charge is -2.38. The van der Waals surface area contributed by atoms with E-state index in [1.807, 2.05) is 31.3 Å². The number of rotatable bonds is 9. The highest BCUT2D eigenvalue weighted by Gasteiger charge is 2.40. The van der Waals surface area contributed by atoms with Crippen LogP contribution in [0.4, 0.5) is 0 Å². The second-order valence-corrected chi connectivity index (χ2v) is 8.78. The Morgan fingerprint density at radius 3 is 2.50 bits per heavy atom. The molecule has 0 fully saturated rings. The number of esters is 1. The van der Waals surface area contributed by atoms with E-state index in [1.165, 1.54) is 7.11 Å². The topological polar surface area (TPSA) is 80.3 Å². The van der Waals surface area contributed by atoms with Gasteiger partial charge in [0.05, 0.1) is 38.9 Å². The van der Waals surface area contributed by atoms with Gasteiger partial charge in [0.2, 0.25) is 12.5 Å². The first-order valence-electron chi connectivity index (χ1n) is 11.4. The molecule has 0 saturated carbocycles. The number of methoxy groups -OCH3 is 2. The number of hydrogen-bond donors (Lipinski definition) is 0. The Hall–Kier alpha value is -3.30. The third-order valence-corrected chi connectivity index (χ3v) is 6.29. The first kappa shape index (κ1) is 27.3. The van der Waals surface area contributed by atoms with Gasteiger partial charge < -0.3 is 45.1 Å². The molecule has 2 heterocycles. The summed E-state index contributed by atoms with van der Waals surface area (Å²) in [5.74, 6) is 1.66. The van der Waals surface area contributed by atoms with Crippen molar-refractivity contribution in [2.45, 2.75) is 13.0 Å². The molecule has 2 aromatic carbocycles. The Balaban J connectivity index is 0.00000361. The molecule has 4 rings (SSSR count). The molecule has 8 nitrogen and oxygen atoms in total. The first-order chi connectivity index (χ1) is 16.9. The maximum Gasteiger partial charge on any atom is 0.361 e. The molecule has 1 unspecified atom stereocenters. The lowest BCUT2D eigenvalue weighted by atomic mass is 9.89. The number of likely N-dealkylation sites (N-methyl/N-ethyl adjacent to an activating group) is 1. The molecule has 0 saturated heterocycles. The average molecular weight is 560 g/mol. The van der Waals surface area contributed by atoms with E-state index in [0.717, 1.165) is 22.4 Å². The normalized spacial score (nSPS) is 17.6. The van der Waals surface area contributed by atoms with Crippen molar-refractivity contribution in [1.29, 1.82) is 0 Å². The fourth-order valence-corrected chi connectivity index (χ4v) is 4.55. The number of allylic oxidation sites excluding steroid dienone is 1. The molecule has 0 radical (unpaired) electrons. The van der Waals surface area contributed by atoms with Gasteiger partial charge in [-0.15, -0.1) is 0 Å². The van der Waals surface area contributed by atoms with Crippen molar-refractivity contribution in [3.63, 3.8) is 0 Å². The van der Waals surface area contributed by atoms with Crippen LogP contribution in [-0.4, -0.2) is 64.0 Å². The molecule has 0 bridgehead atoms. The lowest BCUT2D eigenvalue weighted by Crippen LogP contribution is -3.00. The minimum Gasteiger partial charge on any atom is -1.00 e. The van der Waals surface area contributed by atoms with E-state index in [1.54, 1.807) is 25.3 Å². The predicted molar refractivity (Wildman–Crippen MR) is 130 cm³/mol. The molecule has 1 atom stereocenters. The highest BCUT2D eigenvalue weighted by molar-refractivity contribution is 6.11. The number of ether oxygens (including phenoxy) is 5. The Labute approximate surface area is 221 Å². The maximum absolute atomic E-state index is 13.5. The van der Waals surface area contributed by atoms with Crippen molar-refractivity contribution in [1.82, 2.24) is 0 Å². The number of ketones is 1. The van der Waals surface area contributed by atoms with Crippen LogP contribution in [0.5, 0.6) is 23.0 Å². The molecule has 36 heavy (non-hydrogen) atoms. The van der Waals surface area contributed by atoms with Crippen LogP contribution in [-0.2, 0) is 22.5 Å². The minimum absolute atomic E-state index is 0. The fourth-order valence-electron chi connectivity index (χ4n) is 4.55. The van der Waals surface area contributed by atoms with Crippen LogP contribution < -0.4 is 35.9 Å². The van der Waals surface area contributed by atoms with Crippen LogP contribution in [0.2, 0.25) is 0 Å². The van der Waals surface area contributed by atoms with Gasteiger partial charge in [0.15, 0.2) is 23.8 Å². The van der Waals surface area contributed by atoms with Crippen molar-refractivity contribution < 1.29 is 54.7 Å². The highest BCUT2D eigenvalue weighted by Crippen LogP contribution is 2.50. The fraction of sp³-hybridized carbons (Fsp3) is 0.333. The number of hydrogen-bond acceptors (Lipinski definition) is 7. The summed E-state index contributed by atoms with van der Waals surface area (Å²) < 4.78 is 28.0. The van der Waals surface area contributed by atoms with Gasteiger partial charge in [-0.05, 0) is 29.3 Å². The van der Waals surface area contributed by atoms with Crippen molar-refractivity contribution in [2.75, 3.05) is 47.8 Å². The summed E-state index contributed by atoms with van der Waals surface area (Å²) in [6, 6.07) is 7.45. The molecule has 2 aliphatic heterocycles. The Kier molecular flexibility index (Phi) is 8.81. The van der Waals surface area contributed by atoms with Crippen molar-refractivity contribution in [3.05, 3.63) is 65.3 Å². The molecule has 0 amide bonds. The van der Waals surface area contributed by atoms with E-state index < -0.39 is 0 Å². The zero-order valence-corrected chi connectivity index (χ0v) is 22.3. The smallest absolute Gasteiger partial charge is 0.361 e. The van der Waals surface area contributed by atoms with Crippen LogP contribution in [0, 0.1) is 0 Å². The number of benzene rings is 2. The molecule has 0 spiro atoms. The molecule has 0 aromatic heterocycles. The number of fused-ring (bicyclic) bond motifs is 2. The van der Waals surface area contributed by atoms with Gasteiger partial charge in [0.25, 0.3) is 0 Å². The zero-order valence-electron chi connectivity index (χ0n) is 20.7. The first-order valence-corrected chi connectivity index (χ1v) is 11.4. The van der Waals surface area contributed by atoms with E-state index in [0.29, 0.717) is 53.4 Å². The van der Waals surface area contributed by atoms with E-state index in [-0.39, 0.29) is 42.1 Å². The summed E-state index contributed by atoms with van der Waals surface area (Å²) in [5.41, 5.74) is 3.08. The molecule has 0 N–H and O–H groups in total. The highest BCUT2D eigenvalue weighted by atomic mass is 79.9. The van der Waals surface area contributed by atoms with Gasteiger partial charge >= 0.3 is 5.97 Å². The van der Waals surface area contributed by atoms with Gasteiger partial charge in [-0.3, -0.25) is 4.79 Å².